The molecule has 0 fully saturated rings. The number of aliphatic hydroxyl groups is 2. The molecule has 2 N–H and O–H groups in total. The lowest BCUT2D eigenvalue weighted by Crippen LogP contribution is -2.59. The van der Waals surface area contributed by atoms with Crippen LogP contribution in [0.5, 0.6) is 0 Å². The number of anilines is 1. The van der Waals surface area contributed by atoms with Gasteiger partial charge in [0.05, 0.1) is 12.7 Å². The summed E-state index contributed by atoms with van der Waals surface area (Å²) in [5.41, 5.74) is 3.26. The largest absolute Gasteiger partial charge is 0.394 e. The molecule has 3 unspecified atom stereocenters. The Morgan fingerprint density at radius 3 is 2.25 bits per heavy atom. The molecule has 1 aromatic rings. The fraction of sp³-hybridized carbons (Fsp3) is 0.760. The van der Waals surface area contributed by atoms with E-state index < -0.39 is 18.3 Å². The monoisotopic (exact) mass is 453 g/mol. The van der Waals surface area contributed by atoms with E-state index in [-0.39, 0.29) is 25.2 Å². The molecular formula is C25H43NO6. The first-order chi connectivity index (χ1) is 15.1. The van der Waals surface area contributed by atoms with Crippen molar-refractivity contribution >= 4 is 5.69 Å². The summed E-state index contributed by atoms with van der Waals surface area (Å²) in [6.45, 7) is 15.3. The van der Waals surface area contributed by atoms with E-state index in [1.165, 1.54) is 5.56 Å². The van der Waals surface area contributed by atoms with Crippen molar-refractivity contribution in [1.82, 2.24) is 0 Å². The molecule has 1 aromatic carbocycles. The van der Waals surface area contributed by atoms with Crippen LogP contribution in [0.1, 0.15) is 59.1 Å². The maximum atomic E-state index is 10.4. The standard InChI is InChI=1S/C25H43NO6/c1-8-30-25(31-9-2,32-10-3)17-29-23(15-21(28)16-27)26-22-13-18(4)11-12-20(22)14-19(5)24(26,6)7/h11-13,19,21,23,27-28H,8-10,14-17H2,1-7H3. The van der Waals surface area contributed by atoms with E-state index in [4.69, 9.17) is 18.9 Å². The number of rotatable bonds is 13. The first kappa shape index (κ1) is 27.0. The van der Waals surface area contributed by atoms with Gasteiger partial charge in [0.1, 0.15) is 12.8 Å². The van der Waals surface area contributed by atoms with Crippen LogP contribution < -0.4 is 4.90 Å². The molecule has 0 saturated heterocycles. The summed E-state index contributed by atoms with van der Waals surface area (Å²) in [7, 11) is 0. The molecule has 0 saturated carbocycles. The Bertz CT molecular complexity index is 693. The van der Waals surface area contributed by atoms with E-state index >= 15 is 0 Å². The quantitative estimate of drug-likeness (QED) is 0.442. The van der Waals surface area contributed by atoms with Gasteiger partial charge in [-0.25, -0.2) is 0 Å². The van der Waals surface area contributed by atoms with Gasteiger partial charge in [-0.2, -0.15) is 0 Å². The maximum Gasteiger partial charge on any atom is 0.307 e. The van der Waals surface area contributed by atoms with Crippen molar-refractivity contribution in [1.29, 1.82) is 0 Å². The highest BCUT2D eigenvalue weighted by molar-refractivity contribution is 5.60. The predicted octanol–water partition coefficient (Wildman–Crippen LogP) is 3.62. The highest BCUT2D eigenvalue weighted by atomic mass is 16.9. The van der Waals surface area contributed by atoms with Crippen LogP contribution in [0.2, 0.25) is 0 Å². The smallest absolute Gasteiger partial charge is 0.307 e. The fourth-order valence-corrected chi connectivity index (χ4v) is 4.39. The SMILES string of the molecule is CCOC(COC(CC(O)CO)N1c2cc(C)ccc2CC(C)C1(C)C)(OCC)OCC. The van der Waals surface area contributed by atoms with E-state index in [9.17, 15) is 10.2 Å². The van der Waals surface area contributed by atoms with Gasteiger partial charge < -0.3 is 34.1 Å². The fourth-order valence-electron chi connectivity index (χ4n) is 4.39. The molecule has 7 nitrogen and oxygen atoms in total. The van der Waals surface area contributed by atoms with E-state index in [2.05, 4.69) is 50.8 Å². The number of aliphatic hydroxyl groups excluding tert-OH is 2. The molecule has 2 rings (SSSR count). The second-order valence-corrected chi connectivity index (χ2v) is 9.08. The topological polar surface area (TPSA) is 80.6 Å². The number of hydrogen-bond donors (Lipinski definition) is 2. The second-order valence-electron chi connectivity index (χ2n) is 9.08. The number of nitrogens with zero attached hydrogens (tertiary/aromatic N) is 1. The first-order valence-electron chi connectivity index (χ1n) is 11.8. The van der Waals surface area contributed by atoms with Crippen molar-refractivity contribution in [2.24, 2.45) is 5.92 Å². The minimum absolute atomic E-state index is 0.0352. The van der Waals surface area contributed by atoms with Gasteiger partial charge in [0.15, 0.2) is 0 Å². The van der Waals surface area contributed by atoms with Gasteiger partial charge >= 0.3 is 5.97 Å². The number of ether oxygens (including phenoxy) is 4. The third-order valence-corrected chi connectivity index (χ3v) is 6.37. The van der Waals surface area contributed by atoms with Crippen molar-refractivity contribution in [3.05, 3.63) is 29.3 Å². The summed E-state index contributed by atoms with van der Waals surface area (Å²) in [6.07, 6.45) is -0.228. The van der Waals surface area contributed by atoms with Crippen LogP contribution in [-0.4, -0.2) is 67.1 Å². The molecule has 1 aliphatic rings. The third-order valence-electron chi connectivity index (χ3n) is 6.37. The van der Waals surface area contributed by atoms with Crippen LogP contribution in [-0.2, 0) is 25.4 Å². The average Bonchev–Trinajstić information content (AvgIpc) is 2.73. The molecule has 7 heteroatoms. The number of aryl methyl sites for hydroxylation is 1. The Kier molecular flexibility index (Phi) is 9.94. The normalized spacial score (nSPS) is 20.2. The van der Waals surface area contributed by atoms with Crippen molar-refractivity contribution in [2.45, 2.75) is 85.2 Å². The highest BCUT2D eigenvalue weighted by Crippen LogP contribution is 2.43. The summed E-state index contributed by atoms with van der Waals surface area (Å²) in [5.74, 6) is -0.965. The van der Waals surface area contributed by atoms with Gasteiger partial charge in [-0.1, -0.05) is 19.1 Å². The zero-order valence-corrected chi connectivity index (χ0v) is 20.9. The molecule has 184 valence electrons. The lowest BCUT2D eigenvalue weighted by molar-refractivity contribution is -0.394. The Morgan fingerprint density at radius 1 is 1.12 bits per heavy atom. The second kappa shape index (κ2) is 11.8. The first-order valence-corrected chi connectivity index (χ1v) is 11.8. The van der Waals surface area contributed by atoms with Crippen molar-refractivity contribution in [2.75, 3.05) is 37.9 Å². The summed E-state index contributed by atoms with van der Waals surface area (Å²) in [4.78, 5) is 2.25. The van der Waals surface area contributed by atoms with E-state index in [1.807, 2.05) is 20.8 Å². The minimum Gasteiger partial charge on any atom is -0.394 e. The third kappa shape index (κ3) is 6.22. The Labute approximate surface area is 193 Å². The molecule has 3 atom stereocenters. The van der Waals surface area contributed by atoms with Crippen molar-refractivity contribution in [3.63, 3.8) is 0 Å². The Morgan fingerprint density at radius 2 is 1.72 bits per heavy atom. The summed E-state index contributed by atoms with van der Waals surface area (Å²) in [5, 5.41) is 20.0. The van der Waals surface area contributed by atoms with Crippen LogP contribution >= 0.6 is 0 Å². The lowest BCUT2D eigenvalue weighted by Gasteiger charge is -2.53. The predicted molar refractivity (Wildman–Crippen MR) is 126 cm³/mol. The molecule has 0 amide bonds. The van der Waals surface area contributed by atoms with Crippen molar-refractivity contribution in [3.8, 4) is 0 Å². The molecule has 0 bridgehead atoms. The zero-order valence-electron chi connectivity index (χ0n) is 20.9. The average molecular weight is 454 g/mol. The highest BCUT2D eigenvalue weighted by Gasteiger charge is 2.44. The number of fused-ring (bicyclic) bond motifs is 1. The molecule has 1 aliphatic heterocycles. The van der Waals surface area contributed by atoms with Crippen molar-refractivity contribution < 1.29 is 29.2 Å². The van der Waals surface area contributed by atoms with Gasteiger partial charge in [0.2, 0.25) is 0 Å². The van der Waals surface area contributed by atoms with Crippen LogP contribution in [0.25, 0.3) is 0 Å². The lowest BCUT2D eigenvalue weighted by atomic mass is 9.77. The van der Waals surface area contributed by atoms with Gasteiger partial charge in [-0.15, -0.1) is 0 Å². The van der Waals surface area contributed by atoms with Crippen LogP contribution in [0.3, 0.4) is 0 Å². The maximum absolute atomic E-state index is 10.4. The number of benzene rings is 1. The molecule has 32 heavy (non-hydrogen) atoms. The Hall–Kier alpha value is -1.22. The molecular weight excluding hydrogens is 410 g/mol. The van der Waals surface area contributed by atoms with Gasteiger partial charge in [0.25, 0.3) is 0 Å². The summed E-state index contributed by atoms with van der Waals surface area (Å²) >= 11 is 0. The molecule has 0 aliphatic carbocycles. The van der Waals surface area contributed by atoms with E-state index in [0.29, 0.717) is 25.7 Å². The minimum atomic E-state index is -1.32. The number of hydrogen-bond acceptors (Lipinski definition) is 7. The molecule has 0 radical (unpaired) electrons. The molecule has 1 heterocycles. The summed E-state index contributed by atoms with van der Waals surface area (Å²) in [6, 6.07) is 6.48. The van der Waals surface area contributed by atoms with Crippen LogP contribution in [0.15, 0.2) is 18.2 Å². The Balaban J connectivity index is 2.46. The van der Waals surface area contributed by atoms with Gasteiger partial charge in [-0.05, 0) is 71.1 Å². The van der Waals surface area contributed by atoms with E-state index in [0.717, 1.165) is 17.7 Å². The van der Waals surface area contributed by atoms with E-state index in [1.54, 1.807) is 0 Å². The molecule has 0 spiro atoms. The summed E-state index contributed by atoms with van der Waals surface area (Å²) < 4.78 is 24.0. The zero-order chi connectivity index (χ0) is 23.9. The van der Waals surface area contributed by atoms with Gasteiger partial charge in [0, 0.05) is 37.5 Å². The van der Waals surface area contributed by atoms with Gasteiger partial charge in [-0.3, -0.25) is 0 Å². The van der Waals surface area contributed by atoms with Crippen LogP contribution in [0.4, 0.5) is 5.69 Å². The molecule has 0 aromatic heterocycles. The van der Waals surface area contributed by atoms with Crippen LogP contribution in [0, 0.1) is 12.8 Å².